The number of methoxy groups -OCH3 is 2. The molecule has 2 aromatic rings. The lowest BCUT2D eigenvalue weighted by Crippen LogP contribution is -2.49. The van der Waals surface area contributed by atoms with Crippen molar-refractivity contribution in [1.29, 1.82) is 0 Å². The van der Waals surface area contributed by atoms with Gasteiger partial charge in [-0.25, -0.2) is 0 Å². The second-order valence-electron chi connectivity index (χ2n) is 7.49. The number of piperidine rings is 1. The van der Waals surface area contributed by atoms with E-state index in [-0.39, 0.29) is 0 Å². The van der Waals surface area contributed by atoms with Crippen molar-refractivity contribution >= 4 is 11.6 Å². The van der Waals surface area contributed by atoms with Crippen molar-refractivity contribution in [2.24, 2.45) is 4.99 Å². The van der Waals surface area contributed by atoms with Gasteiger partial charge in [-0.3, -0.25) is 4.99 Å². The molecule has 7 nitrogen and oxygen atoms in total. The maximum absolute atomic E-state index is 5.73. The van der Waals surface area contributed by atoms with E-state index in [1.54, 1.807) is 14.2 Å². The van der Waals surface area contributed by atoms with Crippen molar-refractivity contribution in [2.75, 3.05) is 52.4 Å². The van der Waals surface area contributed by atoms with Crippen LogP contribution in [0.15, 0.2) is 53.5 Å². The van der Waals surface area contributed by atoms with Crippen LogP contribution in [0.5, 0.6) is 17.2 Å². The van der Waals surface area contributed by atoms with Crippen molar-refractivity contribution < 1.29 is 14.2 Å². The fourth-order valence-electron chi connectivity index (χ4n) is 3.63. The van der Waals surface area contributed by atoms with Gasteiger partial charge in [0.1, 0.15) is 17.2 Å². The van der Waals surface area contributed by atoms with Crippen LogP contribution in [0.2, 0.25) is 0 Å². The van der Waals surface area contributed by atoms with E-state index in [0.29, 0.717) is 12.6 Å². The van der Waals surface area contributed by atoms with Crippen LogP contribution in [0.25, 0.3) is 0 Å². The summed E-state index contributed by atoms with van der Waals surface area (Å²) in [6, 6.07) is 16.3. The fraction of sp³-hybridized carbons (Fsp3) is 0.458. The molecular weight excluding hydrogens is 392 g/mol. The first kappa shape index (κ1) is 22.6. The van der Waals surface area contributed by atoms with Crippen LogP contribution in [-0.2, 0) is 0 Å². The Bertz CT molecular complexity index is 799. The molecule has 0 spiro atoms. The van der Waals surface area contributed by atoms with E-state index in [1.165, 1.54) is 0 Å². The van der Waals surface area contributed by atoms with E-state index in [9.17, 15) is 0 Å². The lowest BCUT2D eigenvalue weighted by atomic mass is 10.0. The van der Waals surface area contributed by atoms with Gasteiger partial charge in [0.15, 0.2) is 5.96 Å². The second-order valence-corrected chi connectivity index (χ2v) is 7.49. The molecule has 0 atom stereocenters. The normalized spacial score (nSPS) is 14.8. The molecule has 0 aromatic heterocycles. The van der Waals surface area contributed by atoms with Gasteiger partial charge in [0.25, 0.3) is 0 Å². The molecule has 0 bridgehead atoms. The molecule has 1 saturated heterocycles. The summed E-state index contributed by atoms with van der Waals surface area (Å²) in [4.78, 5) is 6.74. The van der Waals surface area contributed by atoms with Gasteiger partial charge >= 0.3 is 0 Å². The van der Waals surface area contributed by atoms with Gasteiger partial charge in [-0.15, -0.1) is 0 Å². The van der Waals surface area contributed by atoms with Crippen molar-refractivity contribution in [3.05, 3.63) is 48.5 Å². The number of ether oxygens (including phenoxy) is 3. The molecule has 0 aliphatic carbocycles. The van der Waals surface area contributed by atoms with Crippen LogP contribution in [0.3, 0.4) is 0 Å². The Morgan fingerprint density at radius 3 is 2.29 bits per heavy atom. The molecular formula is C24H34N4O3. The van der Waals surface area contributed by atoms with Crippen molar-refractivity contribution in [3.63, 3.8) is 0 Å². The van der Waals surface area contributed by atoms with Crippen LogP contribution in [0, 0.1) is 0 Å². The standard InChI is InChI=1S/C24H34N4O3/c1-25-24(26-12-7-15-31-21-8-5-4-6-9-21)27-19-10-13-28(14-11-19)20-16-22(29-2)18-23(17-20)30-3/h4-6,8-9,16-19H,7,10-15H2,1-3H3,(H2,25,26,27). The number of hydrogen-bond donors (Lipinski definition) is 2. The summed E-state index contributed by atoms with van der Waals surface area (Å²) in [5, 5.41) is 6.94. The molecule has 3 rings (SSSR count). The highest BCUT2D eigenvalue weighted by Gasteiger charge is 2.21. The maximum Gasteiger partial charge on any atom is 0.191 e. The van der Waals surface area contributed by atoms with Crippen LogP contribution in [0.4, 0.5) is 5.69 Å². The molecule has 0 saturated carbocycles. The minimum Gasteiger partial charge on any atom is -0.497 e. The highest BCUT2D eigenvalue weighted by molar-refractivity contribution is 5.80. The summed E-state index contributed by atoms with van der Waals surface area (Å²) >= 11 is 0. The first-order valence-electron chi connectivity index (χ1n) is 10.8. The average Bonchev–Trinajstić information content (AvgIpc) is 2.83. The SMILES string of the molecule is CN=C(NCCCOc1ccccc1)NC1CCN(c2cc(OC)cc(OC)c2)CC1. The molecule has 0 unspecified atom stereocenters. The van der Waals surface area contributed by atoms with Gasteiger partial charge in [-0.2, -0.15) is 0 Å². The largest absolute Gasteiger partial charge is 0.497 e. The highest BCUT2D eigenvalue weighted by Crippen LogP contribution is 2.30. The second kappa shape index (κ2) is 11.9. The predicted molar refractivity (Wildman–Crippen MR) is 126 cm³/mol. The summed E-state index contributed by atoms with van der Waals surface area (Å²) in [5.41, 5.74) is 1.13. The number of hydrogen-bond acceptors (Lipinski definition) is 5. The van der Waals surface area contributed by atoms with E-state index < -0.39 is 0 Å². The van der Waals surface area contributed by atoms with Crippen molar-refractivity contribution in [2.45, 2.75) is 25.3 Å². The van der Waals surface area contributed by atoms with Gasteiger partial charge in [0.2, 0.25) is 0 Å². The number of nitrogens with one attached hydrogen (secondary N) is 2. The molecule has 2 N–H and O–H groups in total. The Kier molecular flexibility index (Phi) is 8.70. The highest BCUT2D eigenvalue weighted by atomic mass is 16.5. The minimum absolute atomic E-state index is 0.399. The summed E-state index contributed by atoms with van der Waals surface area (Å²) in [7, 11) is 5.18. The van der Waals surface area contributed by atoms with Crippen LogP contribution in [0.1, 0.15) is 19.3 Å². The summed E-state index contributed by atoms with van der Waals surface area (Å²) in [6.07, 6.45) is 2.99. The first-order chi connectivity index (χ1) is 15.2. The van der Waals surface area contributed by atoms with E-state index in [2.05, 4.69) is 32.7 Å². The predicted octanol–water partition coefficient (Wildman–Crippen LogP) is 3.31. The number of nitrogens with zero attached hydrogens (tertiary/aromatic N) is 2. The fourth-order valence-corrected chi connectivity index (χ4v) is 3.63. The molecule has 1 aliphatic rings. The molecule has 31 heavy (non-hydrogen) atoms. The molecule has 168 valence electrons. The first-order valence-corrected chi connectivity index (χ1v) is 10.8. The summed E-state index contributed by atoms with van der Waals surface area (Å²) < 4.78 is 16.5. The minimum atomic E-state index is 0.399. The van der Waals surface area contributed by atoms with E-state index in [1.807, 2.05) is 43.4 Å². The van der Waals surface area contributed by atoms with Gasteiger partial charge < -0.3 is 29.7 Å². The average molecular weight is 427 g/mol. The Hall–Kier alpha value is -3.09. The van der Waals surface area contributed by atoms with Crippen molar-refractivity contribution in [3.8, 4) is 17.2 Å². The summed E-state index contributed by atoms with van der Waals surface area (Å²) in [5.74, 6) is 3.39. The number of para-hydroxylation sites is 1. The number of benzene rings is 2. The molecule has 0 radical (unpaired) electrons. The Balaban J connectivity index is 1.39. The molecule has 2 aromatic carbocycles. The van der Waals surface area contributed by atoms with E-state index >= 15 is 0 Å². The van der Waals surface area contributed by atoms with Gasteiger partial charge in [0.05, 0.1) is 20.8 Å². The lowest BCUT2D eigenvalue weighted by molar-refractivity contribution is 0.311. The lowest BCUT2D eigenvalue weighted by Gasteiger charge is -2.34. The summed E-state index contributed by atoms with van der Waals surface area (Å²) in [6.45, 7) is 3.43. The molecule has 1 aliphatic heterocycles. The topological polar surface area (TPSA) is 67.4 Å². The van der Waals surface area contributed by atoms with Crippen molar-refractivity contribution in [1.82, 2.24) is 10.6 Å². The van der Waals surface area contributed by atoms with E-state index in [4.69, 9.17) is 14.2 Å². The third kappa shape index (κ3) is 6.98. The number of rotatable bonds is 9. The Labute approximate surface area is 185 Å². The zero-order valence-electron chi connectivity index (χ0n) is 18.8. The zero-order valence-corrected chi connectivity index (χ0v) is 18.8. The number of guanidine groups is 1. The monoisotopic (exact) mass is 426 g/mol. The third-order valence-corrected chi connectivity index (χ3v) is 5.39. The Morgan fingerprint density at radius 1 is 1.00 bits per heavy atom. The smallest absolute Gasteiger partial charge is 0.191 e. The van der Waals surface area contributed by atoms with Gasteiger partial charge in [-0.05, 0) is 31.4 Å². The zero-order chi connectivity index (χ0) is 21.9. The number of anilines is 1. The van der Waals surface area contributed by atoms with Gasteiger partial charge in [-0.1, -0.05) is 18.2 Å². The Morgan fingerprint density at radius 2 is 1.68 bits per heavy atom. The van der Waals surface area contributed by atoms with Gasteiger partial charge in [0, 0.05) is 56.6 Å². The van der Waals surface area contributed by atoms with Crippen LogP contribution < -0.4 is 29.7 Å². The quantitative estimate of drug-likeness (QED) is 0.364. The van der Waals surface area contributed by atoms with Crippen LogP contribution >= 0.6 is 0 Å². The van der Waals surface area contributed by atoms with E-state index in [0.717, 1.165) is 67.8 Å². The molecule has 0 amide bonds. The molecule has 1 fully saturated rings. The maximum atomic E-state index is 5.73. The number of aliphatic imine (C=N–C) groups is 1. The third-order valence-electron chi connectivity index (χ3n) is 5.39. The van der Waals surface area contributed by atoms with Crippen LogP contribution in [-0.4, -0.2) is 59.5 Å². The molecule has 1 heterocycles. The molecule has 7 heteroatoms.